The highest BCUT2D eigenvalue weighted by molar-refractivity contribution is 7.12. The van der Waals surface area contributed by atoms with Gasteiger partial charge in [-0.2, -0.15) is 8.78 Å². The van der Waals surface area contributed by atoms with E-state index in [9.17, 15) is 13.6 Å². The summed E-state index contributed by atoms with van der Waals surface area (Å²) in [7, 11) is 0. The third-order valence-corrected chi connectivity index (χ3v) is 4.50. The average Bonchev–Trinajstić information content (AvgIpc) is 3.22. The largest absolute Gasteiger partial charge is 0.435 e. The van der Waals surface area contributed by atoms with Crippen molar-refractivity contribution in [2.45, 2.75) is 6.61 Å². The minimum atomic E-state index is -2.92. The molecular weight excluding hydrogens is 388 g/mol. The fraction of sp³-hybridized carbons (Fsp3) is 0.0556. The Morgan fingerprint density at radius 1 is 1.14 bits per heavy atom. The van der Waals surface area contributed by atoms with Crippen molar-refractivity contribution in [3.8, 4) is 16.3 Å². The van der Waals surface area contributed by atoms with Crippen LogP contribution in [0.4, 0.5) is 14.7 Å². The predicted octanol–water partition coefficient (Wildman–Crippen LogP) is 4.00. The second-order valence-corrected chi connectivity index (χ2v) is 6.40. The van der Waals surface area contributed by atoms with E-state index in [2.05, 4.69) is 30.2 Å². The van der Waals surface area contributed by atoms with Crippen LogP contribution >= 0.6 is 11.3 Å². The summed E-state index contributed by atoms with van der Waals surface area (Å²) in [6.07, 6.45) is 1.60. The second-order valence-electron chi connectivity index (χ2n) is 5.57. The Hall–Kier alpha value is -3.53. The van der Waals surface area contributed by atoms with Gasteiger partial charge in [0.15, 0.2) is 0 Å². The molecule has 4 rings (SSSR count). The lowest BCUT2D eigenvalue weighted by Crippen LogP contribution is -2.14. The topological polar surface area (TPSA) is 89.9 Å². The van der Waals surface area contributed by atoms with E-state index in [4.69, 9.17) is 0 Å². The molecule has 4 aromatic rings. The number of nitrogens with one attached hydrogen (secondary N) is 1. The van der Waals surface area contributed by atoms with Gasteiger partial charge in [-0.3, -0.25) is 10.1 Å². The highest BCUT2D eigenvalue weighted by Gasteiger charge is 2.11. The smallest absolute Gasteiger partial charge is 0.387 e. The van der Waals surface area contributed by atoms with E-state index in [-0.39, 0.29) is 17.3 Å². The first-order chi connectivity index (χ1) is 13.6. The maximum absolute atomic E-state index is 12.3. The number of benzene rings is 2. The van der Waals surface area contributed by atoms with Crippen LogP contribution < -0.4 is 10.1 Å². The van der Waals surface area contributed by atoms with Gasteiger partial charge in [0.25, 0.3) is 5.91 Å². The molecule has 1 N–H and O–H groups in total. The second kappa shape index (κ2) is 7.61. The molecule has 0 radical (unpaired) electrons. The summed E-state index contributed by atoms with van der Waals surface area (Å²) >= 11 is 1.41. The molecule has 7 nitrogen and oxygen atoms in total. The number of amides is 1. The summed E-state index contributed by atoms with van der Waals surface area (Å²) in [5, 5.41) is 12.0. The summed E-state index contributed by atoms with van der Waals surface area (Å²) in [6, 6.07) is 10.9. The lowest BCUT2D eigenvalue weighted by Gasteiger charge is -2.07. The van der Waals surface area contributed by atoms with Crippen molar-refractivity contribution >= 4 is 34.1 Å². The molecule has 0 atom stereocenters. The molecule has 0 spiro atoms. The number of hydrogen-bond acceptors (Lipinski definition) is 7. The van der Waals surface area contributed by atoms with Gasteiger partial charge >= 0.3 is 6.61 Å². The first kappa shape index (κ1) is 17.9. The summed E-state index contributed by atoms with van der Waals surface area (Å²) in [5.41, 5.74) is 3.40. The van der Waals surface area contributed by atoms with Crippen LogP contribution in [0.5, 0.6) is 5.75 Å². The fourth-order valence-corrected chi connectivity index (χ4v) is 3.03. The summed E-state index contributed by atoms with van der Waals surface area (Å²) in [5.74, 6) is -0.374. The van der Waals surface area contributed by atoms with Gasteiger partial charge in [-0.25, -0.2) is 9.97 Å². The Kier molecular flexibility index (Phi) is 4.85. The van der Waals surface area contributed by atoms with Gasteiger partial charge in [-0.15, -0.1) is 10.2 Å². The average molecular weight is 399 g/mol. The maximum atomic E-state index is 12.3. The van der Waals surface area contributed by atoms with Crippen LogP contribution in [0.15, 0.2) is 54.2 Å². The SMILES string of the molecule is O=C(Nc1ncc2ccc(-c3nncs3)cc2n1)c1ccc(OC(F)F)cc1. The van der Waals surface area contributed by atoms with Gasteiger partial charge in [-0.1, -0.05) is 23.5 Å². The lowest BCUT2D eigenvalue weighted by molar-refractivity contribution is -0.0498. The Labute approximate surface area is 161 Å². The number of ether oxygens (including phenoxy) is 1. The van der Waals surface area contributed by atoms with Gasteiger partial charge in [-0.05, 0) is 30.3 Å². The number of aromatic nitrogens is 4. The maximum Gasteiger partial charge on any atom is 0.387 e. The van der Waals surface area contributed by atoms with Crippen molar-refractivity contribution < 1.29 is 18.3 Å². The van der Waals surface area contributed by atoms with Crippen molar-refractivity contribution in [2.24, 2.45) is 0 Å². The van der Waals surface area contributed by atoms with Crippen molar-refractivity contribution in [2.75, 3.05) is 5.32 Å². The number of nitrogens with zero attached hydrogens (tertiary/aromatic N) is 4. The predicted molar refractivity (Wildman–Crippen MR) is 99.5 cm³/mol. The van der Waals surface area contributed by atoms with Gasteiger partial charge in [0.2, 0.25) is 5.95 Å². The Balaban J connectivity index is 1.54. The first-order valence-electron chi connectivity index (χ1n) is 7.98. The molecule has 0 bridgehead atoms. The number of anilines is 1. The van der Waals surface area contributed by atoms with Gasteiger partial charge in [0, 0.05) is 22.7 Å². The minimum Gasteiger partial charge on any atom is -0.435 e. The van der Waals surface area contributed by atoms with E-state index in [0.717, 1.165) is 16.0 Å². The zero-order valence-electron chi connectivity index (χ0n) is 14.0. The standard InChI is InChI=1S/C18H11F2N5O2S/c19-17(20)27-13-5-3-10(4-6-13)15(26)24-18-21-8-12-2-1-11(7-14(12)23-18)16-25-22-9-28-16/h1-9,17H,(H,21,23,24,26). The van der Waals surface area contributed by atoms with E-state index in [1.54, 1.807) is 11.7 Å². The zero-order valence-corrected chi connectivity index (χ0v) is 14.9. The molecule has 1 amide bonds. The van der Waals surface area contributed by atoms with Crippen LogP contribution in [0.1, 0.15) is 10.4 Å². The molecule has 140 valence electrons. The molecule has 28 heavy (non-hydrogen) atoms. The molecule has 0 fully saturated rings. The van der Waals surface area contributed by atoms with E-state index in [1.165, 1.54) is 35.6 Å². The monoisotopic (exact) mass is 399 g/mol. The number of halogens is 2. The number of fused-ring (bicyclic) bond motifs is 1. The molecular formula is C18H11F2N5O2S. The quantitative estimate of drug-likeness (QED) is 0.546. The molecule has 0 saturated heterocycles. The molecule has 0 saturated carbocycles. The number of carbonyl (C=O) groups excluding carboxylic acids is 1. The van der Waals surface area contributed by atoms with E-state index in [0.29, 0.717) is 5.52 Å². The first-order valence-corrected chi connectivity index (χ1v) is 8.86. The summed E-state index contributed by atoms with van der Waals surface area (Å²) in [4.78, 5) is 20.8. The van der Waals surface area contributed by atoms with Gasteiger partial charge < -0.3 is 4.74 Å². The van der Waals surface area contributed by atoms with Crippen molar-refractivity contribution in [1.29, 1.82) is 0 Å². The number of alkyl halides is 2. The molecule has 0 aliphatic rings. The number of rotatable bonds is 5. The van der Waals surface area contributed by atoms with Crippen LogP contribution in [-0.2, 0) is 0 Å². The van der Waals surface area contributed by atoms with Crippen molar-refractivity contribution in [3.05, 3.63) is 59.7 Å². The molecule has 2 heterocycles. The normalized spacial score (nSPS) is 11.0. The molecule has 0 unspecified atom stereocenters. The Morgan fingerprint density at radius 3 is 2.68 bits per heavy atom. The Morgan fingerprint density at radius 2 is 1.96 bits per heavy atom. The van der Waals surface area contributed by atoms with Crippen molar-refractivity contribution in [3.63, 3.8) is 0 Å². The van der Waals surface area contributed by atoms with Crippen LogP contribution in [-0.4, -0.2) is 32.7 Å². The van der Waals surface area contributed by atoms with E-state index in [1.807, 2.05) is 18.2 Å². The van der Waals surface area contributed by atoms with Crippen LogP contribution in [0.25, 0.3) is 21.5 Å². The zero-order chi connectivity index (χ0) is 19.5. The summed E-state index contributed by atoms with van der Waals surface area (Å²) in [6.45, 7) is -2.92. The fourth-order valence-electron chi connectivity index (χ4n) is 2.48. The van der Waals surface area contributed by atoms with E-state index >= 15 is 0 Å². The van der Waals surface area contributed by atoms with Crippen LogP contribution in [0, 0.1) is 0 Å². The third kappa shape index (κ3) is 3.91. The summed E-state index contributed by atoms with van der Waals surface area (Å²) < 4.78 is 28.6. The van der Waals surface area contributed by atoms with Gasteiger partial charge in [0.05, 0.1) is 5.52 Å². The minimum absolute atomic E-state index is 0.0299. The molecule has 0 aliphatic heterocycles. The Bertz CT molecular complexity index is 1120. The highest BCUT2D eigenvalue weighted by Crippen LogP contribution is 2.24. The number of carbonyl (C=O) groups is 1. The molecule has 0 aliphatic carbocycles. The van der Waals surface area contributed by atoms with Crippen LogP contribution in [0.2, 0.25) is 0 Å². The van der Waals surface area contributed by atoms with Crippen LogP contribution in [0.3, 0.4) is 0 Å². The molecule has 2 aromatic heterocycles. The van der Waals surface area contributed by atoms with Crippen molar-refractivity contribution in [1.82, 2.24) is 20.2 Å². The third-order valence-electron chi connectivity index (χ3n) is 3.76. The van der Waals surface area contributed by atoms with Gasteiger partial charge in [0.1, 0.15) is 16.3 Å². The van der Waals surface area contributed by atoms with E-state index < -0.39 is 12.5 Å². The molecule has 2 aromatic carbocycles. The molecule has 10 heteroatoms. The number of hydrogen-bond donors (Lipinski definition) is 1. The lowest BCUT2D eigenvalue weighted by atomic mass is 10.1. The highest BCUT2D eigenvalue weighted by atomic mass is 32.1.